The molecule has 6 heteroatoms. The molecule has 2 aromatic carbocycles. The van der Waals surface area contributed by atoms with Crippen LogP contribution in [0.15, 0.2) is 48.5 Å². The Balaban J connectivity index is 0.00000240. The predicted molar refractivity (Wildman–Crippen MR) is 123 cm³/mol. The normalized spacial score (nSPS) is 11.9. The van der Waals surface area contributed by atoms with E-state index in [0.717, 1.165) is 6.42 Å². The molecule has 1 N–H and O–H groups in total. The zero-order valence-electron chi connectivity index (χ0n) is 19.1. The Morgan fingerprint density at radius 2 is 1.32 bits per heavy atom. The zero-order chi connectivity index (χ0) is 20.6. The number of amides is 1. The number of nitrogens with one attached hydrogen (secondary N) is 1. The first kappa shape index (κ1) is 28.5. The van der Waals surface area contributed by atoms with Crippen molar-refractivity contribution in [2.75, 3.05) is 0 Å². The molecule has 169 valence electrons. The fraction of sp³-hybridized carbons (Fsp3) is 0.480. The SMILES string of the molecule is CCCCCCCCCC(=O)[NH][Ti+2]([CH]1c2ccccc2-c2ccccc21)[SiH](C)C.[Cl-].[Cl-]. The fourth-order valence-corrected chi connectivity index (χ4v) is 14.8. The summed E-state index contributed by atoms with van der Waals surface area (Å²) >= 11 is -1.76. The van der Waals surface area contributed by atoms with Gasteiger partial charge >= 0.3 is 185 Å². The van der Waals surface area contributed by atoms with Crippen LogP contribution in [0.5, 0.6) is 0 Å². The molecule has 2 nitrogen and oxygen atoms in total. The van der Waals surface area contributed by atoms with Gasteiger partial charge in [0.2, 0.25) is 0 Å². The Hall–Kier alpha value is -0.579. The summed E-state index contributed by atoms with van der Waals surface area (Å²) in [5, 5.41) is 0. The van der Waals surface area contributed by atoms with Crippen LogP contribution in [0.25, 0.3) is 11.1 Å². The van der Waals surface area contributed by atoms with Gasteiger partial charge in [-0.3, -0.25) is 0 Å². The molecule has 0 atom stereocenters. The number of rotatable bonds is 11. The molecule has 31 heavy (non-hydrogen) atoms. The molecule has 0 bridgehead atoms. The van der Waals surface area contributed by atoms with Gasteiger partial charge in [0.05, 0.1) is 0 Å². The molecule has 1 aliphatic rings. The second-order valence-electron chi connectivity index (χ2n) is 8.64. The molecule has 0 aromatic heterocycles. The first-order valence-corrected chi connectivity index (χ1v) is 18.8. The standard InChI is InChI=1S/C13H9.C10H21NO.C2H7Si.2ClH.Ti/c1-3-7-12-10(5-1)9-11-6-2-4-8-13(11)12;1-2-3-4-5-6-7-8-9-10(11)12;1-3-2;;;/h1-9H;2-9H2,1H3,(H2,11,12);3H,1-2H3;2*1H;/q;;;;;+3/p-3. The topological polar surface area (TPSA) is 29.1 Å². The maximum Gasteiger partial charge on any atom is -1.00 e. The van der Waals surface area contributed by atoms with Crippen LogP contribution in [0.4, 0.5) is 0 Å². The van der Waals surface area contributed by atoms with E-state index in [-0.39, 0.29) is 24.8 Å². The number of hydrogen-bond acceptors (Lipinski definition) is 1. The summed E-state index contributed by atoms with van der Waals surface area (Å²) in [6, 6.07) is 17.7. The van der Waals surface area contributed by atoms with Crippen molar-refractivity contribution in [1.29, 1.82) is 0 Å². The van der Waals surface area contributed by atoms with Crippen LogP contribution in [0.2, 0.25) is 13.1 Å². The number of fused-ring (bicyclic) bond motifs is 3. The van der Waals surface area contributed by atoms with Crippen molar-refractivity contribution < 1.29 is 47.0 Å². The number of halogens is 2. The van der Waals surface area contributed by atoms with Crippen molar-refractivity contribution in [2.24, 2.45) is 0 Å². The molecule has 0 radical (unpaired) electrons. The van der Waals surface area contributed by atoms with Crippen LogP contribution in [0.3, 0.4) is 0 Å². The van der Waals surface area contributed by atoms with E-state index in [0.29, 0.717) is 16.6 Å². The molecule has 1 amide bonds. The maximum absolute atomic E-state index is 12.8. The summed E-state index contributed by atoms with van der Waals surface area (Å²) in [7, 11) is 0. The number of carbonyl (C=O) groups is 1. The number of benzene rings is 2. The van der Waals surface area contributed by atoms with E-state index in [2.05, 4.69) is 72.3 Å². The van der Waals surface area contributed by atoms with Gasteiger partial charge in [0.1, 0.15) is 0 Å². The quantitative estimate of drug-likeness (QED) is 0.345. The van der Waals surface area contributed by atoms with E-state index in [1.807, 2.05) is 0 Å². The third-order valence-electron chi connectivity index (χ3n) is 6.06. The molecule has 1 aliphatic carbocycles. The Labute approximate surface area is 208 Å². The minimum atomic E-state index is -1.76. The van der Waals surface area contributed by atoms with Gasteiger partial charge in [0.15, 0.2) is 0 Å². The molecular formula is C25H36Cl2NOSiTi. The van der Waals surface area contributed by atoms with E-state index < -0.39 is 24.0 Å². The van der Waals surface area contributed by atoms with E-state index in [1.54, 1.807) is 0 Å². The minimum Gasteiger partial charge on any atom is -1.00 e. The molecule has 0 heterocycles. The third-order valence-corrected chi connectivity index (χ3v) is 17.9. The predicted octanol–water partition coefficient (Wildman–Crippen LogP) is 0.538. The van der Waals surface area contributed by atoms with Gasteiger partial charge in [-0.1, -0.05) is 0 Å². The van der Waals surface area contributed by atoms with Crippen LogP contribution in [-0.4, -0.2) is 12.6 Å². The molecule has 0 fully saturated rings. The summed E-state index contributed by atoms with van der Waals surface area (Å²) in [6.45, 7) is 6.19. The van der Waals surface area contributed by atoms with Crippen molar-refractivity contribution in [1.82, 2.24) is 3.80 Å². The van der Waals surface area contributed by atoms with E-state index in [1.165, 1.54) is 60.8 Å². The van der Waals surface area contributed by atoms with Crippen molar-refractivity contribution in [3.05, 3.63) is 59.7 Å². The molecule has 0 saturated carbocycles. The van der Waals surface area contributed by atoms with Gasteiger partial charge in [0, 0.05) is 0 Å². The number of unbranched alkanes of at least 4 members (excludes halogenated alkanes) is 6. The van der Waals surface area contributed by atoms with Crippen LogP contribution >= 0.6 is 0 Å². The molecule has 2 aromatic rings. The summed E-state index contributed by atoms with van der Waals surface area (Å²) in [6.07, 6.45) is 9.53. The monoisotopic (exact) mass is 512 g/mol. The van der Waals surface area contributed by atoms with Gasteiger partial charge in [-0.05, 0) is 0 Å². The first-order chi connectivity index (χ1) is 14.1. The Kier molecular flexibility index (Phi) is 13.4. The Bertz CT molecular complexity index is 772. The zero-order valence-corrected chi connectivity index (χ0v) is 23.3. The average Bonchev–Trinajstić information content (AvgIpc) is 3.05. The van der Waals surface area contributed by atoms with Gasteiger partial charge in [-0.15, -0.1) is 0 Å². The van der Waals surface area contributed by atoms with Crippen molar-refractivity contribution >= 4 is 12.6 Å². The number of carbonyl (C=O) groups excluding carboxylic acids is 1. The second-order valence-corrected chi connectivity index (χ2v) is 21.6. The van der Waals surface area contributed by atoms with Gasteiger partial charge in [0.25, 0.3) is 0 Å². The van der Waals surface area contributed by atoms with Gasteiger partial charge in [-0.2, -0.15) is 0 Å². The number of hydrogen-bond donors (Lipinski definition) is 1. The molecule has 0 spiro atoms. The Morgan fingerprint density at radius 1 is 0.839 bits per heavy atom. The van der Waals surface area contributed by atoms with Crippen LogP contribution < -0.4 is 28.6 Å². The Morgan fingerprint density at radius 3 is 1.84 bits per heavy atom. The summed E-state index contributed by atoms with van der Waals surface area (Å²) in [5.74, 6) is 0.316. The minimum absolute atomic E-state index is 0. The van der Waals surface area contributed by atoms with Crippen LogP contribution in [0, 0.1) is 0 Å². The molecular weight excluding hydrogens is 477 g/mol. The first-order valence-electron chi connectivity index (χ1n) is 11.5. The van der Waals surface area contributed by atoms with Gasteiger partial charge < -0.3 is 24.8 Å². The summed E-state index contributed by atoms with van der Waals surface area (Å²) in [5.41, 5.74) is 5.69. The molecule has 0 aliphatic heterocycles. The van der Waals surface area contributed by atoms with Crippen LogP contribution in [0.1, 0.15) is 73.6 Å². The average molecular weight is 513 g/mol. The summed E-state index contributed by atoms with van der Waals surface area (Å²) in [4.78, 5) is 12.8. The van der Waals surface area contributed by atoms with Crippen molar-refractivity contribution in [2.45, 2.75) is 75.6 Å². The van der Waals surface area contributed by atoms with Crippen molar-refractivity contribution in [3.8, 4) is 11.1 Å². The van der Waals surface area contributed by atoms with E-state index >= 15 is 0 Å². The van der Waals surface area contributed by atoms with Crippen LogP contribution in [-0.2, 0) is 22.2 Å². The van der Waals surface area contributed by atoms with E-state index in [4.69, 9.17) is 0 Å². The maximum atomic E-state index is 12.8. The van der Waals surface area contributed by atoms with Gasteiger partial charge in [-0.25, -0.2) is 0 Å². The van der Waals surface area contributed by atoms with E-state index in [9.17, 15) is 4.79 Å². The largest absolute Gasteiger partial charge is 1.00 e. The van der Waals surface area contributed by atoms with Crippen molar-refractivity contribution in [3.63, 3.8) is 0 Å². The second kappa shape index (κ2) is 14.5. The molecule has 0 unspecified atom stereocenters. The molecule has 3 rings (SSSR count). The fourth-order valence-electron chi connectivity index (χ4n) is 4.51. The summed E-state index contributed by atoms with van der Waals surface area (Å²) < 4.78 is 4.11. The third kappa shape index (κ3) is 7.47. The smallest absolute Gasteiger partial charge is 1.00 e. The molecule has 0 saturated heterocycles.